The van der Waals surface area contributed by atoms with Crippen LogP contribution in [0.25, 0.3) is 0 Å². The molecule has 0 fully saturated rings. The van der Waals surface area contributed by atoms with Gasteiger partial charge in [-0.05, 0) is 0 Å². The molecule has 0 atom stereocenters. The Balaban J connectivity index is 0. The van der Waals surface area contributed by atoms with Gasteiger partial charge in [0, 0.05) is 0 Å². The summed E-state index contributed by atoms with van der Waals surface area (Å²) in [6.07, 6.45) is 0. The molecule has 0 spiro atoms. The van der Waals surface area contributed by atoms with E-state index in [2.05, 4.69) is 0 Å². The third-order valence-electron chi connectivity index (χ3n) is 0. The van der Waals surface area contributed by atoms with E-state index in [4.69, 9.17) is 0 Å². The van der Waals surface area contributed by atoms with Crippen LogP contribution in [0.15, 0.2) is 0 Å². The van der Waals surface area contributed by atoms with Crippen LogP contribution >= 0.6 is 9.90 Å². The molecule has 0 N–H and O–H groups in total. The van der Waals surface area contributed by atoms with E-state index in [0.29, 0.717) is 0 Å². The normalized spacial score (nSPS) is 0. The molecule has 0 nitrogen and oxygen atoms in total. The van der Waals surface area contributed by atoms with Crippen LogP contribution in [0, 0.1) is 0 Å². The Bertz CT molecular complexity index is 19.0. The summed E-state index contributed by atoms with van der Waals surface area (Å²) in [6.45, 7) is 0. The van der Waals surface area contributed by atoms with E-state index in [0.717, 1.165) is 0 Å². The predicted octanol–water partition coefficient (Wildman–Crippen LogP) is -28.1. The van der Waals surface area contributed by atoms with Crippen molar-refractivity contribution in [3.05, 3.63) is 0 Å². The third-order valence-corrected chi connectivity index (χ3v) is 0. The van der Waals surface area contributed by atoms with E-state index >= 15 is 0 Å². The molecule has 0 unspecified atom stereocenters. The zero-order valence-corrected chi connectivity index (χ0v) is 7.39. The summed E-state index contributed by atoms with van der Waals surface area (Å²) in [5, 5.41) is 0. The van der Waals surface area contributed by atoms with Crippen LogP contribution in [0.1, 0.15) is 0 Å². The van der Waals surface area contributed by atoms with E-state index in [9.17, 15) is 0 Å². The van der Waals surface area contributed by atoms with Gasteiger partial charge in [0.25, 0.3) is 0 Å². The smallest absolute Gasteiger partial charge is 1.00 e. The van der Waals surface area contributed by atoms with Crippen molar-refractivity contribution in [2.45, 2.75) is 0 Å². The summed E-state index contributed by atoms with van der Waals surface area (Å²) >= 11 is 0. The van der Waals surface area contributed by atoms with Gasteiger partial charge in [0.1, 0.15) is 0 Å². The maximum Gasteiger partial charge on any atom is 2.00 e. The van der Waals surface area contributed by atoms with Gasteiger partial charge in [0.2, 0.25) is 0 Å². The average molecular weight is 284 g/mol. The van der Waals surface area contributed by atoms with Crippen LogP contribution in [0.2, 0.25) is 0 Å². The molecule has 0 aromatic carbocycles. The van der Waals surface area contributed by atoms with E-state index in [1.165, 1.54) is 0 Å². The molecule has 12 heteroatoms. The van der Waals surface area contributed by atoms with Crippen LogP contribution in [0.4, 0.5) is 0 Å². The monoisotopic (exact) mass is 283 g/mol. The van der Waals surface area contributed by atoms with Crippen LogP contribution < -0.4 is 56.5 Å². The Kier molecular flexibility index (Phi) is 34800. The van der Waals surface area contributed by atoms with Crippen molar-refractivity contribution in [1.82, 2.24) is 0 Å². The van der Waals surface area contributed by atoms with Crippen LogP contribution in [-0.4, -0.2) is 23.1 Å². The van der Waals surface area contributed by atoms with Gasteiger partial charge in [-0.15, -0.1) is 0 Å². The molecule has 0 heterocycles. The van der Waals surface area contributed by atoms with E-state index in [1.807, 2.05) is 0 Å². The van der Waals surface area contributed by atoms with Crippen LogP contribution in [-0.2, 0) is 17.1 Å². The Labute approximate surface area is 106 Å². The SMILES string of the molecule is [Cu+2].[F-].[F-].[F-].[F-].[F-].[F-].[F-].[F-].[Li+].[Mg+2].[PH6+3]. The second-order valence-corrected chi connectivity index (χ2v) is 0. The predicted molar refractivity (Wildman–Crippen MR) is 21.0 cm³/mol. The van der Waals surface area contributed by atoms with Crippen LogP contribution in [0.3, 0.4) is 0 Å². The summed E-state index contributed by atoms with van der Waals surface area (Å²) in [4.78, 5) is 0. The van der Waals surface area contributed by atoms with Crippen molar-refractivity contribution in [2.24, 2.45) is 0 Å². The molecule has 0 amide bonds. The fourth-order valence-corrected chi connectivity index (χ4v) is 0. The van der Waals surface area contributed by atoms with E-state index in [1.54, 1.807) is 0 Å². The Hall–Kier alpha value is 1.75. The average Bonchev–Trinajstić information content (AvgIpc) is 0. The van der Waals surface area contributed by atoms with Gasteiger partial charge in [-0.3, -0.25) is 9.90 Å². The number of rotatable bonds is 0. The quantitative estimate of drug-likeness (QED) is 0.235. The topological polar surface area (TPSA) is 0 Å². The third kappa shape index (κ3) is 442. The first-order chi connectivity index (χ1) is 0. The molecule has 1 radical (unpaired) electrons. The molecule has 0 aromatic heterocycles. The first-order valence-electron chi connectivity index (χ1n) is 0. The summed E-state index contributed by atoms with van der Waals surface area (Å²) in [5.74, 6) is 0. The molecule has 12 heavy (non-hydrogen) atoms. The Morgan fingerprint density at radius 2 is 0.417 bits per heavy atom. The molecule has 0 aliphatic heterocycles. The molecule has 0 rings (SSSR count). The fourth-order valence-electron chi connectivity index (χ4n) is 0. The molecule has 0 aromatic rings. The van der Waals surface area contributed by atoms with Gasteiger partial charge in [0.05, 0.1) is 0 Å². The van der Waals surface area contributed by atoms with Gasteiger partial charge in [-0.2, -0.15) is 0 Å². The minimum Gasteiger partial charge on any atom is -1.00 e. The summed E-state index contributed by atoms with van der Waals surface area (Å²) in [7, 11) is 0. The number of hydrogen-bond acceptors (Lipinski definition) is 0. The zero-order chi connectivity index (χ0) is 0. The van der Waals surface area contributed by atoms with E-state index in [-0.39, 0.29) is 107 Å². The van der Waals surface area contributed by atoms with Gasteiger partial charge in [0.15, 0.2) is 0 Å². The molecular weight excluding hydrogens is 278 g/mol. The molecule has 0 saturated heterocycles. The largest absolute Gasteiger partial charge is 2.00 e. The standard InChI is InChI=1S/Cu.8FH.Li.Mg.H6P/h;8*1H;;;1H6/q+2;;;;;;;;;+1;+2;+3/p-8. The zero-order valence-electron chi connectivity index (χ0n) is 5.03. The molecule has 0 aliphatic carbocycles. The molecule has 81 valence electrons. The van der Waals surface area contributed by atoms with Crippen molar-refractivity contribution in [1.29, 1.82) is 0 Å². The van der Waals surface area contributed by atoms with Crippen LogP contribution in [0.5, 0.6) is 0 Å². The van der Waals surface area contributed by atoms with Crippen molar-refractivity contribution < 1.29 is 73.6 Å². The maximum absolute atomic E-state index is 0. The van der Waals surface area contributed by atoms with Crippen molar-refractivity contribution in [2.75, 3.05) is 0 Å². The minimum atomic E-state index is 0. The maximum atomic E-state index is 0. The minimum absolute atomic E-state index is 0. The Morgan fingerprint density at radius 1 is 0.417 bits per heavy atom. The summed E-state index contributed by atoms with van der Waals surface area (Å²) in [6, 6.07) is 0. The van der Waals surface area contributed by atoms with Gasteiger partial charge in [-0.1, -0.05) is 0 Å². The first-order valence-corrected chi connectivity index (χ1v) is 0. The number of halogens is 8. The van der Waals surface area contributed by atoms with Crippen molar-refractivity contribution >= 4 is 33.0 Å². The summed E-state index contributed by atoms with van der Waals surface area (Å²) < 4.78 is 0. The number of hydrogen-bond donors (Lipinski definition) is 0. The fraction of sp³-hybridized carbons (Fsp3) is 0. The van der Waals surface area contributed by atoms with Gasteiger partial charge < -0.3 is 37.6 Å². The second-order valence-electron chi connectivity index (χ2n) is 0. The van der Waals surface area contributed by atoms with Gasteiger partial charge in [-0.25, -0.2) is 0 Å². The summed E-state index contributed by atoms with van der Waals surface area (Å²) in [5.41, 5.74) is 0. The van der Waals surface area contributed by atoms with Crippen molar-refractivity contribution in [3.63, 3.8) is 0 Å². The van der Waals surface area contributed by atoms with Gasteiger partial charge >= 0.3 is 59.0 Å². The van der Waals surface area contributed by atoms with E-state index < -0.39 is 0 Å². The van der Waals surface area contributed by atoms with Crippen molar-refractivity contribution in [3.8, 4) is 0 Å². The molecule has 0 bridgehead atoms. The Morgan fingerprint density at radius 3 is 0.417 bits per heavy atom. The molecule has 0 saturated carbocycles. The second kappa shape index (κ2) is 573. The first kappa shape index (κ1) is 728. The molecule has 0 aliphatic rings. The molecular formula is H6CuF8LiMgP.